The molecule has 1 saturated heterocycles. The van der Waals surface area contributed by atoms with Crippen LogP contribution in [0.2, 0.25) is 0 Å². The Morgan fingerprint density at radius 3 is 2.84 bits per heavy atom. The van der Waals surface area contributed by atoms with Crippen molar-refractivity contribution >= 4 is 27.4 Å². The first kappa shape index (κ1) is 14.5. The van der Waals surface area contributed by atoms with Gasteiger partial charge in [0.15, 0.2) is 15.7 Å². The minimum atomic E-state index is -3.12. The molecule has 106 valence electrons. The van der Waals surface area contributed by atoms with E-state index in [1.165, 1.54) is 6.26 Å². The van der Waals surface area contributed by atoms with Crippen LogP contribution in [0.15, 0.2) is 12.1 Å². The highest BCUT2D eigenvalue weighted by Crippen LogP contribution is 2.24. The first-order valence-corrected chi connectivity index (χ1v) is 9.14. The average Bonchev–Trinajstić information content (AvgIpc) is 2.39. The van der Waals surface area contributed by atoms with Crippen LogP contribution in [0.25, 0.3) is 0 Å². The molecule has 0 aliphatic carbocycles. The molecule has 1 atom stereocenters. The summed E-state index contributed by atoms with van der Waals surface area (Å²) in [5, 5.41) is 10.7. The van der Waals surface area contributed by atoms with Crippen LogP contribution in [0, 0.1) is 0 Å². The van der Waals surface area contributed by atoms with Crippen molar-refractivity contribution in [1.29, 1.82) is 0 Å². The van der Waals surface area contributed by atoms with Gasteiger partial charge in [-0.25, -0.2) is 8.42 Å². The summed E-state index contributed by atoms with van der Waals surface area (Å²) in [6.45, 7) is 1.33. The topological polar surface area (TPSA) is 75.2 Å². The Hall–Kier alpha value is -0.860. The molecule has 1 unspecified atom stereocenters. The largest absolute Gasteiger partial charge is 0.337 e. The molecule has 1 N–H and O–H groups in total. The van der Waals surface area contributed by atoms with Crippen LogP contribution < -0.4 is 10.2 Å². The van der Waals surface area contributed by atoms with E-state index < -0.39 is 15.2 Å². The Kier molecular flexibility index (Phi) is 4.64. The molecule has 0 bridgehead atoms. The highest BCUT2D eigenvalue weighted by molar-refractivity contribution is 8.01. The van der Waals surface area contributed by atoms with E-state index in [0.29, 0.717) is 24.7 Å². The van der Waals surface area contributed by atoms with Gasteiger partial charge < -0.3 is 10.2 Å². The fourth-order valence-electron chi connectivity index (χ4n) is 1.98. The van der Waals surface area contributed by atoms with Gasteiger partial charge in [-0.3, -0.25) is 0 Å². The van der Waals surface area contributed by atoms with E-state index in [2.05, 4.69) is 15.5 Å². The van der Waals surface area contributed by atoms with Crippen LogP contribution in [-0.2, 0) is 16.4 Å². The van der Waals surface area contributed by atoms with Crippen molar-refractivity contribution < 1.29 is 8.42 Å². The molecule has 1 aromatic heterocycles. The molecule has 0 saturated carbocycles. The number of nitrogens with zero attached hydrogens (tertiary/aromatic N) is 3. The van der Waals surface area contributed by atoms with Gasteiger partial charge in [-0.2, -0.15) is 16.9 Å². The number of anilines is 1. The zero-order valence-corrected chi connectivity index (χ0v) is 12.7. The lowest BCUT2D eigenvalue weighted by atomic mass is 10.3. The van der Waals surface area contributed by atoms with Gasteiger partial charge in [0.05, 0.1) is 5.69 Å². The number of sulfone groups is 1. The van der Waals surface area contributed by atoms with Gasteiger partial charge in [0.1, 0.15) is 5.37 Å². The summed E-state index contributed by atoms with van der Waals surface area (Å²) < 4.78 is 23.7. The van der Waals surface area contributed by atoms with Gasteiger partial charge in [0.2, 0.25) is 0 Å². The van der Waals surface area contributed by atoms with Gasteiger partial charge in [-0.1, -0.05) is 0 Å². The van der Waals surface area contributed by atoms with Gasteiger partial charge in [-0.05, 0) is 19.2 Å². The second-order valence-electron chi connectivity index (χ2n) is 4.47. The molecule has 2 heterocycles. The van der Waals surface area contributed by atoms with Crippen LogP contribution in [0.5, 0.6) is 0 Å². The first-order valence-electron chi connectivity index (χ1n) is 6.03. The third-order valence-electron chi connectivity index (χ3n) is 2.94. The Labute approximate surface area is 117 Å². The van der Waals surface area contributed by atoms with Gasteiger partial charge in [0.25, 0.3) is 0 Å². The summed E-state index contributed by atoms with van der Waals surface area (Å²) in [5.74, 6) is 2.13. The van der Waals surface area contributed by atoms with E-state index in [4.69, 9.17) is 0 Å². The third-order valence-corrected chi connectivity index (χ3v) is 5.58. The maximum Gasteiger partial charge on any atom is 0.169 e. The van der Waals surface area contributed by atoms with E-state index >= 15 is 0 Å². The van der Waals surface area contributed by atoms with Crippen molar-refractivity contribution in [3.05, 3.63) is 17.8 Å². The van der Waals surface area contributed by atoms with Crippen molar-refractivity contribution in [3.8, 4) is 0 Å². The fourth-order valence-corrected chi connectivity index (χ4v) is 4.81. The zero-order chi connectivity index (χ0) is 13.9. The molecular weight excluding hydrogens is 284 g/mol. The lowest BCUT2D eigenvalue weighted by Crippen LogP contribution is -2.47. The quantitative estimate of drug-likeness (QED) is 0.846. The Morgan fingerprint density at radius 2 is 2.26 bits per heavy atom. The van der Waals surface area contributed by atoms with E-state index in [1.54, 1.807) is 11.8 Å². The van der Waals surface area contributed by atoms with Crippen LogP contribution in [0.1, 0.15) is 5.69 Å². The van der Waals surface area contributed by atoms with E-state index in [0.717, 1.165) is 11.4 Å². The molecule has 19 heavy (non-hydrogen) atoms. The Morgan fingerprint density at radius 1 is 1.47 bits per heavy atom. The van der Waals surface area contributed by atoms with E-state index in [9.17, 15) is 8.42 Å². The second kappa shape index (κ2) is 6.06. The smallest absolute Gasteiger partial charge is 0.169 e. The molecule has 1 aliphatic heterocycles. The summed E-state index contributed by atoms with van der Waals surface area (Å²) in [4.78, 5) is 1.84. The minimum Gasteiger partial charge on any atom is -0.337 e. The van der Waals surface area contributed by atoms with E-state index in [-0.39, 0.29) is 0 Å². The van der Waals surface area contributed by atoms with Gasteiger partial charge in [-0.15, -0.1) is 5.10 Å². The van der Waals surface area contributed by atoms with E-state index in [1.807, 2.05) is 24.1 Å². The number of aromatic nitrogens is 2. The van der Waals surface area contributed by atoms with Crippen LogP contribution in [-0.4, -0.2) is 55.3 Å². The molecule has 8 heteroatoms. The number of nitrogens with one attached hydrogen (secondary N) is 1. The molecule has 2 rings (SSSR count). The molecule has 1 aromatic rings. The van der Waals surface area contributed by atoms with Crippen molar-refractivity contribution in [2.24, 2.45) is 0 Å². The Balaban J connectivity index is 2.22. The molecule has 0 aromatic carbocycles. The lowest BCUT2D eigenvalue weighted by molar-refractivity contribution is 0.583. The molecule has 0 spiro atoms. The number of rotatable bonds is 4. The van der Waals surface area contributed by atoms with Crippen LogP contribution in [0.3, 0.4) is 0 Å². The summed E-state index contributed by atoms with van der Waals surface area (Å²) >= 11 is 1.66. The Bertz CT molecular complexity index is 518. The minimum absolute atomic E-state index is 0.504. The monoisotopic (exact) mass is 302 g/mol. The summed E-state index contributed by atoms with van der Waals surface area (Å²) in [5.41, 5.74) is 0.841. The van der Waals surface area contributed by atoms with Crippen molar-refractivity contribution in [1.82, 2.24) is 15.5 Å². The van der Waals surface area contributed by atoms with Crippen molar-refractivity contribution in [2.75, 3.05) is 36.3 Å². The lowest BCUT2D eigenvalue weighted by Gasteiger charge is -2.34. The molecular formula is C11H18N4O2S2. The molecule has 6 nitrogen and oxygen atoms in total. The molecule has 0 radical (unpaired) electrons. The summed E-state index contributed by atoms with van der Waals surface area (Å²) in [7, 11) is -1.27. The number of thioether (sulfide) groups is 1. The van der Waals surface area contributed by atoms with Gasteiger partial charge in [0, 0.05) is 30.9 Å². The predicted molar refractivity (Wildman–Crippen MR) is 78.1 cm³/mol. The van der Waals surface area contributed by atoms with Gasteiger partial charge >= 0.3 is 0 Å². The summed E-state index contributed by atoms with van der Waals surface area (Å²) in [6, 6.07) is 3.72. The van der Waals surface area contributed by atoms with Crippen molar-refractivity contribution in [2.45, 2.75) is 11.9 Å². The van der Waals surface area contributed by atoms with Crippen LogP contribution in [0.4, 0.5) is 5.82 Å². The van der Waals surface area contributed by atoms with Crippen molar-refractivity contribution in [3.63, 3.8) is 0 Å². The SMILES string of the molecule is CNCc1ccc(N2CCSCC2S(C)(=O)=O)nn1. The fraction of sp³-hybridized carbons (Fsp3) is 0.636. The third kappa shape index (κ3) is 3.58. The maximum absolute atomic E-state index is 11.8. The molecule has 0 amide bonds. The number of hydrogen-bond acceptors (Lipinski definition) is 7. The normalized spacial score (nSPS) is 20.5. The second-order valence-corrected chi connectivity index (χ2v) is 7.82. The highest BCUT2D eigenvalue weighted by atomic mass is 32.2. The molecule has 1 aliphatic rings. The predicted octanol–water partition coefficient (Wildman–Crippen LogP) is 0.120. The standard InChI is InChI=1S/C11H18N4O2S2/c1-12-7-9-3-4-10(14-13-9)15-5-6-18-8-11(15)19(2,16)17/h3-4,11-12H,5-8H2,1-2H3. The zero-order valence-electron chi connectivity index (χ0n) is 11.0. The maximum atomic E-state index is 11.8. The average molecular weight is 302 g/mol. The summed E-state index contributed by atoms with van der Waals surface area (Å²) in [6.07, 6.45) is 1.28. The molecule has 1 fully saturated rings. The highest BCUT2D eigenvalue weighted by Gasteiger charge is 2.31. The first-order chi connectivity index (χ1) is 9.02. The van der Waals surface area contributed by atoms with Crippen LogP contribution >= 0.6 is 11.8 Å². The number of hydrogen-bond donors (Lipinski definition) is 1.